The zero-order valence-electron chi connectivity index (χ0n) is 15.9. The number of hydrogen-bond donors (Lipinski definition) is 0. The van der Waals surface area contributed by atoms with Crippen LogP contribution >= 0.6 is 11.6 Å². The first-order chi connectivity index (χ1) is 15.0. The second kappa shape index (κ2) is 7.59. The van der Waals surface area contributed by atoms with Crippen LogP contribution in [0, 0.1) is 0 Å². The molecule has 5 rings (SSSR count). The molecule has 0 unspecified atom stereocenters. The van der Waals surface area contributed by atoms with Crippen LogP contribution in [0.1, 0.15) is 28.2 Å². The molecular formula is C23H14ClF2N3O2. The maximum atomic E-state index is 13.3. The van der Waals surface area contributed by atoms with E-state index in [-0.39, 0.29) is 11.8 Å². The van der Waals surface area contributed by atoms with Crippen LogP contribution in [0.25, 0.3) is 22.6 Å². The van der Waals surface area contributed by atoms with Crippen LogP contribution in [0.15, 0.2) is 71.1 Å². The predicted molar refractivity (Wildman–Crippen MR) is 112 cm³/mol. The minimum absolute atomic E-state index is 0.0548. The molecule has 8 heteroatoms. The first-order valence-corrected chi connectivity index (χ1v) is 9.81. The fraction of sp³-hybridized carbons (Fsp3) is 0.0870. The summed E-state index contributed by atoms with van der Waals surface area (Å²) in [7, 11) is 0. The van der Waals surface area contributed by atoms with Gasteiger partial charge in [-0.05, 0) is 29.8 Å². The fourth-order valence-corrected chi connectivity index (χ4v) is 3.92. The number of carbonyl (C=O) groups is 1. The largest absolute Gasteiger partial charge is 0.415 e. The van der Waals surface area contributed by atoms with E-state index in [1.807, 2.05) is 42.5 Å². The van der Waals surface area contributed by atoms with Gasteiger partial charge in [-0.2, -0.15) is 8.78 Å². The minimum atomic E-state index is -2.85. The number of nitrogens with zero attached hydrogens (tertiary/aromatic N) is 3. The van der Waals surface area contributed by atoms with Crippen LogP contribution in [-0.4, -0.2) is 16.1 Å². The van der Waals surface area contributed by atoms with E-state index in [9.17, 15) is 13.6 Å². The average molecular weight is 438 g/mol. The van der Waals surface area contributed by atoms with Crippen molar-refractivity contribution in [3.05, 3.63) is 88.8 Å². The van der Waals surface area contributed by atoms with Crippen molar-refractivity contribution in [2.75, 3.05) is 4.90 Å². The normalized spacial score (nSPS) is 13.2. The molecule has 1 amide bonds. The molecule has 0 atom stereocenters. The van der Waals surface area contributed by atoms with Gasteiger partial charge in [0.1, 0.15) is 0 Å². The number of aromatic nitrogens is 2. The van der Waals surface area contributed by atoms with Gasteiger partial charge in [0, 0.05) is 27.3 Å². The van der Waals surface area contributed by atoms with Crippen molar-refractivity contribution >= 4 is 23.2 Å². The van der Waals surface area contributed by atoms with Gasteiger partial charge < -0.3 is 9.32 Å². The van der Waals surface area contributed by atoms with E-state index in [1.54, 1.807) is 29.2 Å². The highest BCUT2D eigenvalue weighted by Gasteiger charge is 2.31. The van der Waals surface area contributed by atoms with Gasteiger partial charge in [-0.1, -0.05) is 54.1 Å². The highest BCUT2D eigenvalue weighted by atomic mass is 35.5. The zero-order chi connectivity index (χ0) is 21.5. The van der Waals surface area contributed by atoms with Crippen molar-refractivity contribution in [2.24, 2.45) is 0 Å². The predicted octanol–water partition coefficient (Wildman–Crippen LogP) is 6.16. The molecule has 0 fully saturated rings. The summed E-state index contributed by atoms with van der Waals surface area (Å²) in [4.78, 5) is 14.9. The highest BCUT2D eigenvalue weighted by Crippen LogP contribution is 2.39. The number of carbonyl (C=O) groups excluding carboxylic acids is 1. The average Bonchev–Trinajstić information content (AvgIpc) is 3.40. The Bertz CT molecular complexity index is 1310. The molecule has 0 saturated heterocycles. The monoisotopic (exact) mass is 437 g/mol. The van der Waals surface area contributed by atoms with Gasteiger partial charge in [0.2, 0.25) is 5.89 Å². The summed E-state index contributed by atoms with van der Waals surface area (Å²) in [6, 6.07) is 20.0. The summed E-state index contributed by atoms with van der Waals surface area (Å²) < 4.78 is 30.5. The number of anilines is 1. The topological polar surface area (TPSA) is 59.2 Å². The number of alkyl halides is 2. The molecular weight excluding hydrogens is 424 g/mol. The van der Waals surface area contributed by atoms with Gasteiger partial charge in [0.05, 0.1) is 12.2 Å². The fourth-order valence-electron chi connectivity index (χ4n) is 3.68. The van der Waals surface area contributed by atoms with E-state index in [2.05, 4.69) is 10.2 Å². The molecule has 0 radical (unpaired) electrons. The van der Waals surface area contributed by atoms with Crippen molar-refractivity contribution in [1.82, 2.24) is 10.2 Å². The Morgan fingerprint density at radius 1 is 0.935 bits per heavy atom. The molecule has 2 heterocycles. The summed E-state index contributed by atoms with van der Waals surface area (Å²) in [5, 5.41) is 7.60. The lowest BCUT2D eigenvalue weighted by Crippen LogP contribution is -2.23. The maximum absolute atomic E-state index is 13.3. The Hall–Kier alpha value is -3.58. The second-order valence-electron chi connectivity index (χ2n) is 7.01. The lowest BCUT2D eigenvalue weighted by Gasteiger charge is -2.20. The molecule has 0 aliphatic carbocycles. The Labute approximate surface area is 180 Å². The van der Waals surface area contributed by atoms with Crippen LogP contribution in [0.2, 0.25) is 5.02 Å². The molecule has 1 aliphatic heterocycles. The number of rotatable bonds is 4. The van der Waals surface area contributed by atoms with E-state index < -0.39 is 12.3 Å². The lowest BCUT2D eigenvalue weighted by molar-refractivity contribution is 0.0996. The number of halogens is 3. The minimum Gasteiger partial charge on any atom is -0.415 e. The van der Waals surface area contributed by atoms with E-state index in [4.69, 9.17) is 16.0 Å². The van der Waals surface area contributed by atoms with E-state index in [0.29, 0.717) is 22.7 Å². The number of para-hydroxylation sites is 1. The Morgan fingerprint density at radius 3 is 2.42 bits per heavy atom. The van der Waals surface area contributed by atoms with Crippen LogP contribution in [-0.2, 0) is 6.54 Å². The van der Waals surface area contributed by atoms with Gasteiger partial charge in [0.15, 0.2) is 0 Å². The van der Waals surface area contributed by atoms with Crippen molar-refractivity contribution < 1.29 is 18.0 Å². The Morgan fingerprint density at radius 2 is 1.68 bits per heavy atom. The number of hydrogen-bond acceptors (Lipinski definition) is 4. The van der Waals surface area contributed by atoms with Crippen LogP contribution < -0.4 is 4.90 Å². The van der Waals surface area contributed by atoms with E-state index in [0.717, 1.165) is 22.4 Å². The van der Waals surface area contributed by atoms with Crippen molar-refractivity contribution in [2.45, 2.75) is 13.0 Å². The van der Waals surface area contributed by atoms with Crippen LogP contribution in [0.3, 0.4) is 0 Å². The molecule has 3 aromatic carbocycles. The van der Waals surface area contributed by atoms with Gasteiger partial charge in [0.25, 0.3) is 11.8 Å². The number of amides is 1. The molecule has 0 bridgehead atoms. The highest BCUT2D eigenvalue weighted by molar-refractivity contribution is 6.33. The Kier molecular flexibility index (Phi) is 4.75. The molecule has 31 heavy (non-hydrogen) atoms. The van der Waals surface area contributed by atoms with Crippen molar-refractivity contribution in [1.29, 1.82) is 0 Å². The van der Waals surface area contributed by atoms with Gasteiger partial charge in [-0.25, -0.2) is 0 Å². The number of benzene rings is 3. The molecule has 4 aromatic rings. The summed E-state index contributed by atoms with van der Waals surface area (Å²) >= 11 is 6.40. The SMILES string of the molecule is O=C1c2cc(-c3nnc(C(F)F)o3)ccc2CN1c1ccccc1-c1ccccc1Cl. The third-order valence-corrected chi connectivity index (χ3v) is 5.48. The third kappa shape index (κ3) is 3.37. The van der Waals surface area contributed by atoms with Gasteiger partial charge in [-0.3, -0.25) is 4.79 Å². The van der Waals surface area contributed by atoms with Crippen molar-refractivity contribution in [3.63, 3.8) is 0 Å². The summed E-state index contributed by atoms with van der Waals surface area (Å²) in [5.74, 6) is -1.01. The maximum Gasteiger partial charge on any atom is 0.314 e. The second-order valence-corrected chi connectivity index (χ2v) is 7.41. The first kappa shape index (κ1) is 19.4. The molecule has 0 N–H and O–H groups in total. The smallest absolute Gasteiger partial charge is 0.314 e. The summed E-state index contributed by atoms with van der Waals surface area (Å²) in [5.41, 5.74) is 4.09. The Balaban J connectivity index is 1.52. The molecule has 0 spiro atoms. The third-order valence-electron chi connectivity index (χ3n) is 5.15. The van der Waals surface area contributed by atoms with E-state index in [1.165, 1.54) is 0 Å². The molecule has 1 aliphatic rings. The summed E-state index contributed by atoms with van der Waals surface area (Å²) in [6.45, 7) is 0.377. The van der Waals surface area contributed by atoms with Crippen LogP contribution in [0.5, 0.6) is 0 Å². The quantitative estimate of drug-likeness (QED) is 0.384. The first-order valence-electron chi connectivity index (χ1n) is 9.43. The molecule has 0 saturated carbocycles. The number of fused-ring (bicyclic) bond motifs is 1. The summed E-state index contributed by atoms with van der Waals surface area (Å²) in [6.07, 6.45) is -2.85. The molecule has 5 nitrogen and oxygen atoms in total. The molecule has 1 aromatic heterocycles. The van der Waals surface area contributed by atoms with Crippen molar-refractivity contribution in [3.8, 4) is 22.6 Å². The van der Waals surface area contributed by atoms with Crippen LogP contribution in [0.4, 0.5) is 14.5 Å². The zero-order valence-corrected chi connectivity index (χ0v) is 16.7. The molecule has 154 valence electrons. The van der Waals surface area contributed by atoms with Gasteiger partial charge >= 0.3 is 6.43 Å². The standard InChI is InChI=1S/C23H14ClF2N3O2/c24-18-7-3-1-5-15(18)16-6-2-4-8-19(16)29-12-14-10-9-13(11-17(14)23(29)30)21-27-28-22(31-21)20(25)26/h1-11,20H,12H2. The van der Waals surface area contributed by atoms with E-state index >= 15 is 0 Å². The lowest BCUT2D eigenvalue weighted by atomic mass is 10.0. The van der Waals surface area contributed by atoms with Gasteiger partial charge in [-0.15, -0.1) is 10.2 Å².